The third kappa shape index (κ3) is 4.04. The van der Waals surface area contributed by atoms with Gasteiger partial charge in [-0.2, -0.15) is 26.3 Å². The lowest BCUT2D eigenvalue weighted by Gasteiger charge is -2.15. The first-order chi connectivity index (χ1) is 13.0. The van der Waals surface area contributed by atoms with E-state index in [1.54, 1.807) is 0 Å². The molecule has 9 heteroatoms. The first-order valence-electron chi connectivity index (χ1n) is 8.02. The Morgan fingerprint density at radius 1 is 0.929 bits per heavy atom. The summed E-state index contributed by atoms with van der Waals surface area (Å²) in [7, 11) is 0. The second-order valence-electron chi connectivity index (χ2n) is 6.15. The van der Waals surface area contributed by atoms with Crippen LogP contribution >= 0.6 is 11.8 Å². The van der Waals surface area contributed by atoms with Gasteiger partial charge in [0.25, 0.3) is 0 Å². The number of carbonyl (C=O) groups excluding carboxylic acids is 1. The molecule has 1 unspecified atom stereocenters. The molecule has 2 aromatic rings. The number of nitrogens with two attached hydrogens (primary N) is 1. The Morgan fingerprint density at radius 2 is 1.61 bits per heavy atom. The van der Waals surface area contributed by atoms with Crippen molar-refractivity contribution in [2.24, 2.45) is 5.73 Å². The molecule has 3 rings (SSSR count). The van der Waals surface area contributed by atoms with Crippen molar-refractivity contribution in [3.05, 3.63) is 75.8 Å². The smallest absolute Gasteiger partial charge is 0.393 e. The summed E-state index contributed by atoms with van der Waals surface area (Å²) in [6.45, 7) is 0. The third-order valence-electron chi connectivity index (χ3n) is 4.26. The molecule has 0 aliphatic carbocycles. The average Bonchev–Trinajstić information content (AvgIpc) is 2.87. The van der Waals surface area contributed by atoms with Crippen LogP contribution in [-0.2, 0) is 23.6 Å². The van der Waals surface area contributed by atoms with Gasteiger partial charge in [0.2, 0.25) is 0 Å². The maximum Gasteiger partial charge on any atom is 0.416 e. The molecule has 2 N–H and O–H groups in total. The molecule has 0 amide bonds. The zero-order valence-electron chi connectivity index (χ0n) is 14.1. The van der Waals surface area contributed by atoms with Crippen LogP contribution in [0.5, 0.6) is 0 Å². The number of rotatable bonds is 3. The standard InChI is InChI=1S/C19H13F6NOS/c20-18(21,22)12-6-3-5-11(8-12)15-16(27)14(28-17(15)26)9-10-4-1-2-7-13(10)19(23,24)25/h1-8,14H,9,26H2. The first kappa shape index (κ1) is 20.3. The van der Waals surface area contributed by atoms with Gasteiger partial charge in [-0.3, -0.25) is 4.79 Å². The number of hydrogen-bond acceptors (Lipinski definition) is 3. The molecule has 2 aromatic carbocycles. The van der Waals surface area contributed by atoms with Crippen LogP contribution in [0.4, 0.5) is 26.3 Å². The van der Waals surface area contributed by atoms with E-state index < -0.39 is 34.5 Å². The molecule has 1 aliphatic heterocycles. The number of hydrogen-bond donors (Lipinski definition) is 1. The predicted molar refractivity (Wildman–Crippen MR) is 94.1 cm³/mol. The van der Waals surface area contributed by atoms with Crippen molar-refractivity contribution < 1.29 is 31.1 Å². The monoisotopic (exact) mass is 417 g/mol. The van der Waals surface area contributed by atoms with E-state index in [0.29, 0.717) is 0 Å². The number of allylic oxidation sites excluding steroid dienone is 1. The highest BCUT2D eigenvalue weighted by Gasteiger charge is 2.38. The van der Waals surface area contributed by atoms with Gasteiger partial charge < -0.3 is 5.73 Å². The fourth-order valence-electron chi connectivity index (χ4n) is 2.99. The van der Waals surface area contributed by atoms with Crippen molar-refractivity contribution in [1.29, 1.82) is 0 Å². The fourth-order valence-corrected chi connectivity index (χ4v) is 4.12. The second-order valence-corrected chi connectivity index (χ2v) is 7.39. The van der Waals surface area contributed by atoms with Gasteiger partial charge in [0.1, 0.15) is 0 Å². The van der Waals surface area contributed by atoms with Crippen molar-refractivity contribution in [3.63, 3.8) is 0 Å². The molecule has 0 fully saturated rings. The van der Waals surface area contributed by atoms with E-state index in [1.807, 2.05) is 0 Å². The molecule has 0 radical (unpaired) electrons. The molecule has 0 spiro atoms. The number of ketones is 1. The Balaban J connectivity index is 1.89. The van der Waals surface area contributed by atoms with Crippen LogP contribution in [-0.4, -0.2) is 11.0 Å². The van der Waals surface area contributed by atoms with Crippen LogP contribution in [0.1, 0.15) is 22.3 Å². The van der Waals surface area contributed by atoms with E-state index >= 15 is 0 Å². The number of carbonyl (C=O) groups is 1. The molecule has 0 aromatic heterocycles. The van der Waals surface area contributed by atoms with E-state index in [1.165, 1.54) is 24.3 Å². The Morgan fingerprint density at radius 3 is 2.25 bits per heavy atom. The minimum atomic E-state index is -4.59. The highest BCUT2D eigenvalue weighted by Crippen LogP contribution is 2.41. The molecule has 0 bridgehead atoms. The fraction of sp³-hybridized carbons (Fsp3) is 0.211. The lowest BCUT2D eigenvalue weighted by molar-refractivity contribution is -0.138. The largest absolute Gasteiger partial charge is 0.416 e. The summed E-state index contributed by atoms with van der Waals surface area (Å²) in [5.41, 5.74) is 3.89. The predicted octanol–water partition coefficient (Wildman–Crippen LogP) is 5.28. The summed E-state index contributed by atoms with van der Waals surface area (Å²) in [5, 5.41) is -0.938. The number of thioether (sulfide) groups is 1. The first-order valence-corrected chi connectivity index (χ1v) is 8.90. The minimum absolute atomic E-state index is 0.00110. The number of benzene rings is 2. The summed E-state index contributed by atoms with van der Waals surface area (Å²) >= 11 is 0.863. The third-order valence-corrected chi connectivity index (χ3v) is 5.38. The molecule has 1 atom stereocenters. The SMILES string of the molecule is NC1=C(c2cccc(C(F)(F)F)c2)C(=O)C(Cc2ccccc2C(F)(F)F)S1. The van der Waals surface area contributed by atoms with E-state index in [-0.39, 0.29) is 28.1 Å². The second kappa shape index (κ2) is 7.20. The van der Waals surface area contributed by atoms with Gasteiger partial charge in [-0.15, -0.1) is 0 Å². The van der Waals surface area contributed by atoms with E-state index in [4.69, 9.17) is 5.73 Å². The molecule has 2 nitrogen and oxygen atoms in total. The van der Waals surface area contributed by atoms with Crippen LogP contribution in [0.25, 0.3) is 5.57 Å². The van der Waals surface area contributed by atoms with Crippen LogP contribution in [0.15, 0.2) is 53.6 Å². The summed E-state index contributed by atoms with van der Waals surface area (Å²) in [6, 6.07) is 9.02. The number of alkyl halides is 6. The maximum atomic E-state index is 13.2. The normalized spacial score (nSPS) is 18.1. The Bertz CT molecular complexity index is 948. The Kier molecular flexibility index (Phi) is 5.22. The molecular weight excluding hydrogens is 404 g/mol. The summed E-state index contributed by atoms with van der Waals surface area (Å²) in [6.07, 6.45) is -9.40. The van der Waals surface area contributed by atoms with E-state index in [9.17, 15) is 31.1 Å². The Labute approximate surface area is 160 Å². The van der Waals surface area contributed by atoms with Gasteiger partial charge >= 0.3 is 12.4 Å². The molecule has 148 valence electrons. The Hall–Kier alpha value is -2.42. The molecule has 1 heterocycles. The minimum Gasteiger partial charge on any atom is -0.393 e. The van der Waals surface area contributed by atoms with Gasteiger partial charge in [0.15, 0.2) is 5.78 Å². The van der Waals surface area contributed by atoms with Crippen molar-refractivity contribution in [1.82, 2.24) is 0 Å². The van der Waals surface area contributed by atoms with E-state index in [2.05, 4.69) is 0 Å². The number of Topliss-reactive ketones (excluding diaryl/α,β-unsaturated/α-hetero) is 1. The van der Waals surface area contributed by atoms with Crippen molar-refractivity contribution >= 4 is 23.1 Å². The summed E-state index contributed by atoms with van der Waals surface area (Å²) in [4.78, 5) is 12.7. The van der Waals surface area contributed by atoms with Crippen LogP contribution < -0.4 is 5.73 Å². The topological polar surface area (TPSA) is 43.1 Å². The van der Waals surface area contributed by atoms with Crippen LogP contribution in [0, 0.1) is 0 Å². The zero-order chi connectivity index (χ0) is 20.7. The number of halogens is 6. The lowest BCUT2D eigenvalue weighted by atomic mass is 9.95. The van der Waals surface area contributed by atoms with Crippen LogP contribution in [0.2, 0.25) is 0 Å². The molecule has 0 saturated heterocycles. The van der Waals surface area contributed by atoms with Crippen molar-refractivity contribution in [3.8, 4) is 0 Å². The van der Waals surface area contributed by atoms with Gasteiger partial charge in [-0.25, -0.2) is 0 Å². The maximum absolute atomic E-state index is 13.2. The molecule has 1 aliphatic rings. The van der Waals surface area contributed by atoms with Gasteiger partial charge in [0, 0.05) is 0 Å². The highest BCUT2D eigenvalue weighted by molar-refractivity contribution is 8.05. The van der Waals surface area contributed by atoms with E-state index in [0.717, 1.165) is 36.0 Å². The lowest BCUT2D eigenvalue weighted by Crippen LogP contribution is -2.19. The summed E-state index contributed by atoms with van der Waals surface area (Å²) < 4.78 is 78.3. The van der Waals surface area contributed by atoms with Crippen LogP contribution in [0.3, 0.4) is 0 Å². The van der Waals surface area contributed by atoms with Crippen molar-refractivity contribution in [2.75, 3.05) is 0 Å². The highest BCUT2D eigenvalue weighted by atomic mass is 32.2. The average molecular weight is 417 g/mol. The van der Waals surface area contributed by atoms with Gasteiger partial charge in [0.05, 0.1) is 27.0 Å². The quantitative estimate of drug-likeness (QED) is 0.692. The van der Waals surface area contributed by atoms with Gasteiger partial charge in [-0.05, 0) is 35.7 Å². The van der Waals surface area contributed by atoms with Gasteiger partial charge in [-0.1, -0.05) is 42.1 Å². The molecule has 0 saturated carbocycles. The zero-order valence-corrected chi connectivity index (χ0v) is 14.9. The molecular formula is C19H13F6NOS. The van der Waals surface area contributed by atoms with Crippen molar-refractivity contribution in [2.45, 2.75) is 24.0 Å². The summed E-state index contributed by atoms with van der Waals surface area (Å²) in [5.74, 6) is -0.584. The molecule has 28 heavy (non-hydrogen) atoms.